The molecule has 2 atom stereocenters. The Bertz CT molecular complexity index is 660. The number of anilines is 2. The molecule has 2 aromatic carbocycles. The molecule has 2 unspecified atom stereocenters. The summed E-state index contributed by atoms with van der Waals surface area (Å²) in [5.74, 6) is 0. The first kappa shape index (κ1) is 14.5. The van der Waals surface area contributed by atoms with Gasteiger partial charge in [-0.15, -0.1) is 0 Å². The first-order valence-corrected chi connectivity index (χ1v) is 8.15. The minimum atomic E-state index is 0.362. The molecule has 0 amide bonds. The molecule has 4 heteroatoms. The number of epoxide rings is 2. The highest BCUT2D eigenvalue weighted by Crippen LogP contribution is 2.27. The predicted octanol–water partition coefficient (Wildman–Crippen LogP) is 2.32. The molecule has 4 rings (SSSR count). The van der Waals surface area contributed by atoms with Crippen molar-refractivity contribution in [3.8, 4) is 0 Å². The number of nitrogens with two attached hydrogens (primary N) is 2. The Morgan fingerprint density at radius 2 is 1.17 bits per heavy atom. The number of hydrogen-bond acceptors (Lipinski definition) is 4. The predicted molar refractivity (Wildman–Crippen MR) is 91.4 cm³/mol. The Kier molecular flexibility index (Phi) is 3.71. The normalized spacial score (nSPS) is 22.1. The Balaban J connectivity index is 1.61. The monoisotopic (exact) mass is 310 g/mol. The van der Waals surface area contributed by atoms with Crippen molar-refractivity contribution in [2.24, 2.45) is 0 Å². The van der Waals surface area contributed by atoms with Crippen LogP contribution in [0.4, 0.5) is 11.4 Å². The summed E-state index contributed by atoms with van der Waals surface area (Å²) in [6.45, 7) is 1.72. The van der Waals surface area contributed by atoms with E-state index in [2.05, 4.69) is 24.3 Å². The van der Waals surface area contributed by atoms with E-state index in [1.54, 1.807) is 0 Å². The second kappa shape index (κ2) is 5.87. The summed E-state index contributed by atoms with van der Waals surface area (Å²) in [7, 11) is 0. The third kappa shape index (κ3) is 3.66. The van der Waals surface area contributed by atoms with Gasteiger partial charge >= 0.3 is 0 Å². The van der Waals surface area contributed by atoms with Crippen LogP contribution in [0.5, 0.6) is 0 Å². The molecule has 0 spiro atoms. The molecule has 4 N–H and O–H groups in total. The number of nitrogen functional groups attached to an aromatic ring is 2. The van der Waals surface area contributed by atoms with Crippen LogP contribution in [0.25, 0.3) is 0 Å². The molecule has 2 saturated heterocycles. The van der Waals surface area contributed by atoms with Crippen molar-refractivity contribution in [2.45, 2.75) is 31.5 Å². The summed E-state index contributed by atoms with van der Waals surface area (Å²) in [6.07, 6.45) is 3.50. The van der Waals surface area contributed by atoms with E-state index in [4.69, 9.17) is 20.9 Å². The van der Waals surface area contributed by atoms with Gasteiger partial charge in [0, 0.05) is 24.2 Å². The molecule has 2 heterocycles. The van der Waals surface area contributed by atoms with Gasteiger partial charge in [0.05, 0.1) is 25.4 Å². The fourth-order valence-electron chi connectivity index (χ4n) is 3.08. The van der Waals surface area contributed by atoms with Gasteiger partial charge in [-0.1, -0.05) is 12.1 Å². The van der Waals surface area contributed by atoms with E-state index in [1.807, 2.05) is 12.1 Å². The largest absolute Gasteiger partial charge is 0.399 e. The Labute approximate surface area is 136 Å². The average molecular weight is 310 g/mol. The highest BCUT2D eigenvalue weighted by Gasteiger charge is 2.25. The van der Waals surface area contributed by atoms with Gasteiger partial charge in [-0.05, 0) is 52.9 Å². The van der Waals surface area contributed by atoms with Crippen LogP contribution in [0.2, 0.25) is 0 Å². The van der Waals surface area contributed by atoms with E-state index >= 15 is 0 Å². The lowest BCUT2D eigenvalue weighted by molar-refractivity contribution is 0.407. The maximum Gasteiger partial charge on any atom is 0.0850 e. The van der Waals surface area contributed by atoms with Gasteiger partial charge in [0.1, 0.15) is 0 Å². The van der Waals surface area contributed by atoms with E-state index in [-0.39, 0.29) is 0 Å². The molecule has 2 aliphatic heterocycles. The van der Waals surface area contributed by atoms with Gasteiger partial charge in [-0.25, -0.2) is 0 Å². The zero-order valence-electron chi connectivity index (χ0n) is 13.1. The molecule has 120 valence electrons. The molecule has 0 aromatic heterocycles. The van der Waals surface area contributed by atoms with Crippen molar-refractivity contribution >= 4 is 11.4 Å². The zero-order chi connectivity index (χ0) is 15.8. The fourth-order valence-corrected chi connectivity index (χ4v) is 3.08. The standard InChI is InChI=1S/C19H22N2O2/c20-16-3-1-12(14(6-16)8-18-10-22-18)5-13-2-4-17(21)7-15(13)9-19-11-23-19/h1-4,6-7,18-19H,5,8-11,20-21H2. The van der Waals surface area contributed by atoms with Crippen molar-refractivity contribution in [3.63, 3.8) is 0 Å². The average Bonchev–Trinajstić information content (AvgIpc) is 3.40. The van der Waals surface area contributed by atoms with E-state index < -0.39 is 0 Å². The maximum absolute atomic E-state index is 5.97. The lowest BCUT2D eigenvalue weighted by Gasteiger charge is -2.14. The number of hydrogen-bond donors (Lipinski definition) is 2. The van der Waals surface area contributed by atoms with Gasteiger partial charge in [-0.3, -0.25) is 0 Å². The summed E-state index contributed by atoms with van der Waals surface area (Å²) in [5.41, 5.74) is 18.8. The number of rotatable bonds is 6. The molecule has 2 aromatic rings. The molecule has 2 aliphatic rings. The molecule has 0 bridgehead atoms. The smallest absolute Gasteiger partial charge is 0.0850 e. The third-order valence-corrected chi connectivity index (χ3v) is 4.54. The Morgan fingerprint density at radius 1 is 0.739 bits per heavy atom. The van der Waals surface area contributed by atoms with Crippen molar-refractivity contribution < 1.29 is 9.47 Å². The van der Waals surface area contributed by atoms with Crippen LogP contribution >= 0.6 is 0 Å². The zero-order valence-corrected chi connectivity index (χ0v) is 13.1. The summed E-state index contributed by atoms with van der Waals surface area (Å²) >= 11 is 0. The topological polar surface area (TPSA) is 77.1 Å². The lowest BCUT2D eigenvalue weighted by atomic mass is 9.92. The Morgan fingerprint density at radius 3 is 1.57 bits per heavy atom. The quantitative estimate of drug-likeness (QED) is 0.634. The maximum atomic E-state index is 5.97. The molecule has 0 radical (unpaired) electrons. The minimum Gasteiger partial charge on any atom is -0.399 e. The van der Waals surface area contributed by atoms with Crippen LogP contribution in [-0.2, 0) is 28.7 Å². The Hall–Kier alpha value is -2.04. The van der Waals surface area contributed by atoms with Crippen molar-refractivity contribution in [2.75, 3.05) is 24.7 Å². The van der Waals surface area contributed by atoms with Crippen molar-refractivity contribution in [1.29, 1.82) is 0 Å². The van der Waals surface area contributed by atoms with Crippen molar-refractivity contribution in [1.82, 2.24) is 0 Å². The van der Waals surface area contributed by atoms with Crippen LogP contribution in [0.15, 0.2) is 36.4 Å². The van der Waals surface area contributed by atoms with Crippen LogP contribution in [0.1, 0.15) is 22.3 Å². The summed E-state index contributed by atoms with van der Waals surface area (Å²) < 4.78 is 10.8. The number of benzene rings is 2. The summed E-state index contributed by atoms with van der Waals surface area (Å²) in [6, 6.07) is 12.4. The molecule has 0 saturated carbocycles. The van der Waals surface area contributed by atoms with Crippen LogP contribution in [-0.4, -0.2) is 25.4 Å². The van der Waals surface area contributed by atoms with E-state index in [0.717, 1.165) is 43.9 Å². The lowest BCUT2D eigenvalue weighted by Crippen LogP contribution is -2.05. The SMILES string of the molecule is Nc1ccc(Cc2ccc(N)cc2CC2CO2)c(CC2CO2)c1. The first-order valence-electron chi connectivity index (χ1n) is 8.15. The second-order valence-corrected chi connectivity index (χ2v) is 6.55. The molecule has 0 aliphatic carbocycles. The van der Waals surface area contributed by atoms with Crippen LogP contribution < -0.4 is 11.5 Å². The van der Waals surface area contributed by atoms with Crippen molar-refractivity contribution in [3.05, 3.63) is 58.7 Å². The van der Waals surface area contributed by atoms with Gasteiger partial charge in [0.2, 0.25) is 0 Å². The van der Waals surface area contributed by atoms with Crippen LogP contribution in [0, 0.1) is 0 Å². The summed E-state index contributed by atoms with van der Waals surface area (Å²) in [4.78, 5) is 0. The van der Waals surface area contributed by atoms with Gasteiger partial charge in [0.25, 0.3) is 0 Å². The van der Waals surface area contributed by atoms with Gasteiger partial charge < -0.3 is 20.9 Å². The first-order chi connectivity index (χ1) is 11.2. The van der Waals surface area contributed by atoms with Gasteiger partial charge in [-0.2, -0.15) is 0 Å². The highest BCUT2D eigenvalue weighted by molar-refractivity contribution is 5.50. The molecule has 2 fully saturated rings. The van der Waals surface area contributed by atoms with E-state index in [0.29, 0.717) is 12.2 Å². The third-order valence-electron chi connectivity index (χ3n) is 4.54. The van der Waals surface area contributed by atoms with E-state index in [1.165, 1.54) is 22.3 Å². The molecular formula is C19H22N2O2. The second-order valence-electron chi connectivity index (χ2n) is 6.55. The fraction of sp³-hybridized carbons (Fsp3) is 0.368. The number of ether oxygens (including phenoxy) is 2. The molecular weight excluding hydrogens is 288 g/mol. The minimum absolute atomic E-state index is 0.362. The molecule has 23 heavy (non-hydrogen) atoms. The summed E-state index contributed by atoms with van der Waals surface area (Å²) in [5, 5.41) is 0. The van der Waals surface area contributed by atoms with Gasteiger partial charge in [0.15, 0.2) is 0 Å². The highest BCUT2D eigenvalue weighted by atomic mass is 16.6. The van der Waals surface area contributed by atoms with E-state index in [9.17, 15) is 0 Å². The van der Waals surface area contributed by atoms with Crippen LogP contribution in [0.3, 0.4) is 0 Å². The molecule has 4 nitrogen and oxygen atoms in total.